The molecule has 0 fully saturated rings. The molecule has 0 aliphatic carbocycles. The highest BCUT2D eigenvalue weighted by atomic mass is 32.1. The quantitative estimate of drug-likeness (QED) is 0.720. The first-order chi connectivity index (χ1) is 10.4. The third-order valence-corrected chi connectivity index (χ3v) is 4.48. The van der Waals surface area contributed by atoms with Crippen molar-refractivity contribution in [3.05, 3.63) is 64.6 Å². The van der Waals surface area contributed by atoms with Crippen LogP contribution in [0, 0.1) is 0 Å². The highest BCUT2D eigenvalue weighted by Gasteiger charge is 2.13. The monoisotopic (exact) mass is 296 g/mol. The summed E-state index contributed by atoms with van der Waals surface area (Å²) in [6.07, 6.45) is 3.98. The molecule has 2 aromatic carbocycles. The first-order valence-corrected chi connectivity index (χ1v) is 8.35. The predicted octanol–water partition coefficient (Wildman–Crippen LogP) is 4.58. The molecule has 0 radical (unpaired) electrons. The fourth-order valence-corrected chi connectivity index (χ4v) is 3.24. The first-order valence-electron chi connectivity index (χ1n) is 7.47. The molecule has 108 valence electrons. The molecule has 3 heteroatoms. The molecule has 2 nitrogen and oxygen atoms in total. The number of nitrogens with one attached hydrogen (secondary N) is 1. The van der Waals surface area contributed by atoms with Crippen LogP contribution in [0.5, 0.6) is 0 Å². The Balaban J connectivity index is 1.89. The SMILES string of the molecule is CCCNC(Cc1nccs1)c1ccc2ccccc2c1. The van der Waals surface area contributed by atoms with Gasteiger partial charge in [-0.3, -0.25) is 0 Å². The Hall–Kier alpha value is -1.71. The van der Waals surface area contributed by atoms with Crippen LogP contribution < -0.4 is 5.32 Å². The van der Waals surface area contributed by atoms with Gasteiger partial charge in [-0.1, -0.05) is 43.3 Å². The lowest BCUT2D eigenvalue weighted by atomic mass is 10.00. The van der Waals surface area contributed by atoms with Crippen molar-refractivity contribution in [3.63, 3.8) is 0 Å². The van der Waals surface area contributed by atoms with Gasteiger partial charge in [-0.05, 0) is 35.4 Å². The third-order valence-electron chi connectivity index (χ3n) is 3.68. The molecule has 3 rings (SSSR count). The standard InChI is InChI=1S/C18H20N2S/c1-2-9-19-17(13-18-20-10-11-21-18)16-8-7-14-5-3-4-6-15(14)12-16/h3-8,10-12,17,19H,2,9,13H2,1H3. The summed E-state index contributed by atoms with van der Waals surface area (Å²) in [6, 6.07) is 15.6. The number of fused-ring (bicyclic) bond motifs is 1. The maximum absolute atomic E-state index is 4.43. The van der Waals surface area contributed by atoms with E-state index < -0.39 is 0 Å². The van der Waals surface area contributed by atoms with Crippen LogP contribution in [-0.2, 0) is 6.42 Å². The van der Waals surface area contributed by atoms with Crippen molar-refractivity contribution < 1.29 is 0 Å². The maximum Gasteiger partial charge on any atom is 0.0943 e. The molecule has 0 bridgehead atoms. The number of benzene rings is 2. The van der Waals surface area contributed by atoms with Gasteiger partial charge in [0.2, 0.25) is 0 Å². The van der Waals surface area contributed by atoms with Gasteiger partial charge in [0, 0.05) is 24.0 Å². The summed E-state index contributed by atoms with van der Waals surface area (Å²) in [5.41, 5.74) is 1.34. The Bertz CT molecular complexity index is 691. The largest absolute Gasteiger partial charge is 0.310 e. The molecule has 0 spiro atoms. The van der Waals surface area contributed by atoms with Crippen LogP contribution in [0.25, 0.3) is 10.8 Å². The zero-order valence-corrected chi connectivity index (χ0v) is 13.1. The van der Waals surface area contributed by atoms with Gasteiger partial charge in [0.05, 0.1) is 5.01 Å². The van der Waals surface area contributed by atoms with Gasteiger partial charge in [0.25, 0.3) is 0 Å². The fourth-order valence-electron chi connectivity index (χ4n) is 2.58. The predicted molar refractivity (Wildman–Crippen MR) is 90.8 cm³/mol. The second-order valence-electron chi connectivity index (χ2n) is 5.24. The molecule has 0 amide bonds. The van der Waals surface area contributed by atoms with E-state index in [-0.39, 0.29) is 0 Å². The second kappa shape index (κ2) is 6.83. The Morgan fingerprint density at radius 2 is 2.00 bits per heavy atom. The molecule has 0 aliphatic rings. The summed E-state index contributed by atoms with van der Waals surface area (Å²) < 4.78 is 0. The van der Waals surface area contributed by atoms with E-state index in [0.29, 0.717) is 6.04 Å². The van der Waals surface area contributed by atoms with Gasteiger partial charge in [-0.25, -0.2) is 4.98 Å². The molecular formula is C18H20N2S. The summed E-state index contributed by atoms with van der Waals surface area (Å²) in [6.45, 7) is 3.23. The minimum absolute atomic E-state index is 0.334. The summed E-state index contributed by atoms with van der Waals surface area (Å²) in [5, 5.41) is 9.49. The number of hydrogen-bond donors (Lipinski definition) is 1. The van der Waals surface area contributed by atoms with E-state index in [1.54, 1.807) is 11.3 Å². The number of rotatable bonds is 6. The Morgan fingerprint density at radius 3 is 2.76 bits per heavy atom. The van der Waals surface area contributed by atoms with Crippen molar-refractivity contribution in [1.82, 2.24) is 10.3 Å². The van der Waals surface area contributed by atoms with E-state index in [0.717, 1.165) is 19.4 Å². The molecule has 1 unspecified atom stereocenters. The van der Waals surface area contributed by atoms with Crippen LogP contribution in [0.1, 0.15) is 30.0 Å². The Morgan fingerprint density at radius 1 is 1.14 bits per heavy atom. The van der Waals surface area contributed by atoms with Crippen LogP contribution in [-0.4, -0.2) is 11.5 Å². The van der Waals surface area contributed by atoms with E-state index in [1.807, 2.05) is 11.6 Å². The molecule has 3 aromatic rings. The normalized spacial score (nSPS) is 12.6. The van der Waals surface area contributed by atoms with Crippen LogP contribution in [0.4, 0.5) is 0 Å². The molecule has 21 heavy (non-hydrogen) atoms. The zero-order chi connectivity index (χ0) is 14.5. The van der Waals surface area contributed by atoms with Gasteiger partial charge >= 0.3 is 0 Å². The minimum atomic E-state index is 0.334. The Labute approximate surface area is 129 Å². The van der Waals surface area contributed by atoms with Crippen molar-refractivity contribution in [2.24, 2.45) is 0 Å². The molecule has 0 aliphatic heterocycles. The van der Waals surface area contributed by atoms with Gasteiger partial charge in [-0.15, -0.1) is 11.3 Å². The van der Waals surface area contributed by atoms with Gasteiger partial charge in [0.1, 0.15) is 0 Å². The van der Waals surface area contributed by atoms with Crippen LogP contribution >= 0.6 is 11.3 Å². The minimum Gasteiger partial charge on any atom is -0.310 e. The molecule has 1 atom stereocenters. The zero-order valence-electron chi connectivity index (χ0n) is 12.3. The number of aromatic nitrogens is 1. The fraction of sp³-hybridized carbons (Fsp3) is 0.278. The van der Waals surface area contributed by atoms with Crippen molar-refractivity contribution >= 4 is 22.1 Å². The van der Waals surface area contributed by atoms with E-state index in [2.05, 4.69) is 59.7 Å². The van der Waals surface area contributed by atoms with Crippen LogP contribution in [0.2, 0.25) is 0 Å². The molecule has 0 saturated heterocycles. The van der Waals surface area contributed by atoms with Gasteiger partial charge < -0.3 is 5.32 Å². The second-order valence-corrected chi connectivity index (χ2v) is 6.22. The number of nitrogens with zero attached hydrogens (tertiary/aromatic N) is 1. The van der Waals surface area contributed by atoms with E-state index in [9.17, 15) is 0 Å². The molecule has 0 saturated carbocycles. The topological polar surface area (TPSA) is 24.9 Å². The number of hydrogen-bond acceptors (Lipinski definition) is 3. The van der Waals surface area contributed by atoms with E-state index >= 15 is 0 Å². The highest BCUT2D eigenvalue weighted by Crippen LogP contribution is 2.24. The molecule has 1 aromatic heterocycles. The summed E-state index contributed by atoms with van der Waals surface area (Å²) in [7, 11) is 0. The lowest BCUT2D eigenvalue weighted by Crippen LogP contribution is -2.24. The first kappa shape index (κ1) is 14.2. The summed E-state index contributed by atoms with van der Waals surface area (Å²) in [4.78, 5) is 4.43. The summed E-state index contributed by atoms with van der Waals surface area (Å²) in [5.74, 6) is 0. The highest BCUT2D eigenvalue weighted by molar-refractivity contribution is 7.09. The van der Waals surface area contributed by atoms with E-state index in [4.69, 9.17) is 0 Å². The lowest BCUT2D eigenvalue weighted by molar-refractivity contribution is 0.529. The van der Waals surface area contributed by atoms with Gasteiger partial charge in [-0.2, -0.15) is 0 Å². The smallest absolute Gasteiger partial charge is 0.0943 e. The van der Waals surface area contributed by atoms with Crippen molar-refractivity contribution in [2.45, 2.75) is 25.8 Å². The maximum atomic E-state index is 4.43. The number of thiazole rings is 1. The molecular weight excluding hydrogens is 276 g/mol. The van der Waals surface area contributed by atoms with Crippen molar-refractivity contribution in [2.75, 3.05) is 6.54 Å². The Kier molecular flexibility index (Phi) is 4.63. The van der Waals surface area contributed by atoms with Crippen molar-refractivity contribution in [1.29, 1.82) is 0 Å². The molecule has 1 heterocycles. The summed E-state index contributed by atoms with van der Waals surface area (Å²) >= 11 is 1.73. The average Bonchev–Trinajstić information content (AvgIpc) is 3.04. The lowest BCUT2D eigenvalue weighted by Gasteiger charge is -2.18. The van der Waals surface area contributed by atoms with E-state index in [1.165, 1.54) is 21.3 Å². The van der Waals surface area contributed by atoms with Crippen molar-refractivity contribution in [3.8, 4) is 0 Å². The van der Waals surface area contributed by atoms with Crippen LogP contribution in [0.15, 0.2) is 54.0 Å². The molecule has 1 N–H and O–H groups in total. The van der Waals surface area contributed by atoms with Gasteiger partial charge in [0.15, 0.2) is 0 Å². The average molecular weight is 296 g/mol. The third kappa shape index (κ3) is 3.49. The van der Waals surface area contributed by atoms with Crippen LogP contribution in [0.3, 0.4) is 0 Å².